The summed E-state index contributed by atoms with van der Waals surface area (Å²) in [4.78, 5) is 0. The van der Waals surface area contributed by atoms with Gasteiger partial charge >= 0.3 is 7.69 Å². The summed E-state index contributed by atoms with van der Waals surface area (Å²) in [5.41, 5.74) is 0. The molecular formula is C6H10BO6. The summed E-state index contributed by atoms with van der Waals surface area (Å²) >= 11 is 0. The van der Waals surface area contributed by atoms with Crippen molar-refractivity contribution in [3.63, 3.8) is 0 Å². The smallest absolute Gasteiger partial charge is 0.405 e. The molecule has 0 saturated carbocycles. The maximum Gasteiger partial charge on any atom is 0.488 e. The van der Waals surface area contributed by atoms with E-state index in [0.717, 1.165) is 7.69 Å². The molecule has 0 spiro atoms. The van der Waals surface area contributed by atoms with Gasteiger partial charge in [-0.2, -0.15) is 0 Å². The van der Waals surface area contributed by atoms with E-state index < -0.39 is 30.7 Å². The molecule has 2 fully saturated rings. The van der Waals surface area contributed by atoms with Crippen LogP contribution in [0.3, 0.4) is 0 Å². The van der Waals surface area contributed by atoms with Crippen LogP contribution >= 0.6 is 0 Å². The van der Waals surface area contributed by atoms with Crippen LogP contribution in [0.5, 0.6) is 0 Å². The Bertz CT molecular complexity index is 186. The molecule has 0 aromatic carbocycles. The summed E-state index contributed by atoms with van der Waals surface area (Å²) in [6, 6.07) is 0. The first-order valence-corrected chi connectivity index (χ1v) is 3.99. The van der Waals surface area contributed by atoms with Crippen molar-refractivity contribution in [3.05, 3.63) is 0 Å². The third-order valence-electron chi connectivity index (χ3n) is 2.24. The number of rotatable bonds is 1. The predicted octanol–water partition coefficient (Wildman–Crippen LogP) is -2.62. The molecule has 2 unspecified atom stereocenters. The van der Waals surface area contributed by atoms with Crippen molar-refractivity contribution in [2.75, 3.05) is 6.61 Å². The highest BCUT2D eigenvalue weighted by Crippen LogP contribution is 2.27. The molecule has 7 heteroatoms. The highest BCUT2D eigenvalue weighted by Gasteiger charge is 2.49. The van der Waals surface area contributed by atoms with Crippen LogP contribution in [0.15, 0.2) is 0 Å². The van der Waals surface area contributed by atoms with Crippen molar-refractivity contribution in [1.82, 2.24) is 0 Å². The van der Waals surface area contributed by atoms with Crippen LogP contribution in [0.2, 0.25) is 0 Å². The van der Waals surface area contributed by atoms with E-state index in [2.05, 4.69) is 0 Å². The Balaban J connectivity index is 2.11. The average Bonchev–Trinajstić information content (AvgIpc) is 2.60. The van der Waals surface area contributed by atoms with Gasteiger partial charge in [-0.25, -0.2) is 0 Å². The predicted molar refractivity (Wildman–Crippen MR) is 39.5 cm³/mol. The second-order valence-electron chi connectivity index (χ2n) is 3.04. The number of ether oxygens (including phenoxy) is 1. The summed E-state index contributed by atoms with van der Waals surface area (Å²) < 4.78 is 14.8. The first-order valence-electron chi connectivity index (χ1n) is 3.99. The van der Waals surface area contributed by atoms with Gasteiger partial charge in [0.15, 0.2) is 6.29 Å². The summed E-state index contributed by atoms with van der Waals surface area (Å²) in [5.74, 6) is 0. The largest absolute Gasteiger partial charge is 0.488 e. The molecular weight excluding hydrogens is 179 g/mol. The molecule has 73 valence electrons. The molecule has 2 heterocycles. The lowest BCUT2D eigenvalue weighted by atomic mass is 10.00. The van der Waals surface area contributed by atoms with Crippen molar-refractivity contribution in [3.8, 4) is 0 Å². The number of hydrogen-bond acceptors (Lipinski definition) is 6. The maximum absolute atomic E-state index is 9.38. The van der Waals surface area contributed by atoms with Crippen LogP contribution in [0.4, 0.5) is 0 Å². The Morgan fingerprint density at radius 3 is 2.54 bits per heavy atom. The molecule has 13 heavy (non-hydrogen) atoms. The maximum atomic E-state index is 9.38. The van der Waals surface area contributed by atoms with Gasteiger partial charge in [0.05, 0.1) is 12.7 Å². The van der Waals surface area contributed by atoms with Gasteiger partial charge in [-0.3, -0.25) is 0 Å². The van der Waals surface area contributed by atoms with Crippen LogP contribution in [0, 0.1) is 0 Å². The third kappa shape index (κ3) is 1.47. The van der Waals surface area contributed by atoms with Crippen molar-refractivity contribution in [2.45, 2.75) is 30.7 Å². The second kappa shape index (κ2) is 3.53. The van der Waals surface area contributed by atoms with Gasteiger partial charge in [0.25, 0.3) is 0 Å². The zero-order valence-electron chi connectivity index (χ0n) is 6.74. The molecule has 2 rings (SSSR count). The fraction of sp³-hybridized carbons (Fsp3) is 1.00. The zero-order chi connectivity index (χ0) is 9.42. The van der Waals surface area contributed by atoms with E-state index in [1.807, 2.05) is 0 Å². The van der Waals surface area contributed by atoms with E-state index in [1.165, 1.54) is 0 Å². The van der Waals surface area contributed by atoms with Crippen LogP contribution in [-0.2, 0) is 14.0 Å². The van der Waals surface area contributed by atoms with Gasteiger partial charge in [-0.15, -0.1) is 0 Å². The van der Waals surface area contributed by atoms with E-state index in [1.54, 1.807) is 0 Å². The topological polar surface area (TPSA) is 88.4 Å². The Hall–Kier alpha value is -0.175. The van der Waals surface area contributed by atoms with Gasteiger partial charge in [0, 0.05) is 0 Å². The minimum absolute atomic E-state index is 0.290. The van der Waals surface area contributed by atoms with E-state index in [-0.39, 0.29) is 6.61 Å². The van der Waals surface area contributed by atoms with Crippen molar-refractivity contribution < 1.29 is 29.4 Å². The molecule has 0 aromatic rings. The molecule has 2 aliphatic heterocycles. The number of aliphatic hydroxyl groups excluding tert-OH is 3. The lowest BCUT2D eigenvalue weighted by molar-refractivity contribution is -0.264. The lowest BCUT2D eigenvalue weighted by Gasteiger charge is -2.37. The fourth-order valence-electron chi connectivity index (χ4n) is 1.54. The Kier molecular flexibility index (Phi) is 2.54. The summed E-state index contributed by atoms with van der Waals surface area (Å²) in [6.45, 7) is -0.290. The molecule has 2 aliphatic rings. The molecule has 6 nitrogen and oxygen atoms in total. The van der Waals surface area contributed by atoms with E-state index in [0.29, 0.717) is 0 Å². The molecule has 3 N–H and O–H groups in total. The Morgan fingerprint density at radius 1 is 1.15 bits per heavy atom. The van der Waals surface area contributed by atoms with Crippen LogP contribution < -0.4 is 0 Å². The highest BCUT2D eigenvalue weighted by molar-refractivity contribution is 6.19. The third-order valence-corrected chi connectivity index (χ3v) is 2.24. The average molecular weight is 189 g/mol. The molecule has 0 aliphatic carbocycles. The van der Waals surface area contributed by atoms with E-state index in [9.17, 15) is 10.2 Å². The zero-order valence-corrected chi connectivity index (χ0v) is 6.74. The van der Waals surface area contributed by atoms with Crippen LogP contribution in [-0.4, -0.2) is 60.3 Å². The van der Waals surface area contributed by atoms with Gasteiger partial charge in [0.2, 0.25) is 0 Å². The molecule has 2 saturated heterocycles. The van der Waals surface area contributed by atoms with Crippen molar-refractivity contribution in [1.29, 1.82) is 0 Å². The van der Waals surface area contributed by atoms with Crippen LogP contribution in [0.25, 0.3) is 0 Å². The number of hydrogen-bond donors (Lipinski definition) is 3. The molecule has 0 amide bonds. The summed E-state index contributed by atoms with van der Waals surface area (Å²) in [7, 11) is 1.09. The number of fused-ring (bicyclic) bond motifs is 1. The lowest BCUT2D eigenvalue weighted by Crippen LogP contribution is -2.57. The van der Waals surface area contributed by atoms with Crippen LogP contribution in [0.1, 0.15) is 0 Å². The minimum Gasteiger partial charge on any atom is -0.405 e. The summed E-state index contributed by atoms with van der Waals surface area (Å²) in [5, 5.41) is 27.4. The fourth-order valence-corrected chi connectivity index (χ4v) is 1.54. The molecule has 5 atom stereocenters. The minimum atomic E-state index is -1.34. The molecule has 0 aromatic heterocycles. The second-order valence-corrected chi connectivity index (χ2v) is 3.04. The standard InChI is InChI=1S/C6H10BO6/c8-1-2-4-5(13-7-12-4)3(9)6(10)11-2/h2-6,8-10H,1H2/t2?,3-,4+,5+,6?/m0/s1. The Morgan fingerprint density at radius 2 is 1.85 bits per heavy atom. The van der Waals surface area contributed by atoms with E-state index in [4.69, 9.17) is 19.2 Å². The molecule has 1 radical (unpaired) electrons. The molecule has 0 bridgehead atoms. The quantitative estimate of drug-likeness (QED) is 0.391. The number of aliphatic hydroxyl groups is 3. The van der Waals surface area contributed by atoms with Gasteiger partial charge in [-0.1, -0.05) is 0 Å². The van der Waals surface area contributed by atoms with Gasteiger partial charge in [0.1, 0.15) is 18.3 Å². The monoisotopic (exact) mass is 189 g/mol. The normalized spacial score (nSPS) is 49.9. The van der Waals surface area contributed by atoms with Gasteiger partial charge < -0.3 is 29.4 Å². The highest BCUT2D eigenvalue weighted by atomic mass is 16.7. The first kappa shape index (κ1) is 9.38. The summed E-state index contributed by atoms with van der Waals surface area (Å²) in [6.07, 6.45) is -4.37. The Labute approximate surface area is 75.3 Å². The van der Waals surface area contributed by atoms with Crippen molar-refractivity contribution in [2.24, 2.45) is 0 Å². The SMILES string of the molecule is OCC1OC(O)[C@@H](O)[C@H]2O[B]O[C@H]12. The van der Waals surface area contributed by atoms with Gasteiger partial charge in [-0.05, 0) is 0 Å². The van der Waals surface area contributed by atoms with Crippen molar-refractivity contribution >= 4 is 7.69 Å². The first-order chi connectivity index (χ1) is 6.24. The van der Waals surface area contributed by atoms with E-state index >= 15 is 0 Å².